The van der Waals surface area contributed by atoms with E-state index in [0.29, 0.717) is 6.42 Å². The molecule has 0 saturated heterocycles. The molecule has 0 saturated carbocycles. The van der Waals surface area contributed by atoms with E-state index in [0.717, 1.165) is 34.8 Å². The van der Waals surface area contributed by atoms with E-state index >= 15 is 0 Å². The molecule has 25 heavy (non-hydrogen) atoms. The molecule has 0 fully saturated rings. The zero-order valence-corrected chi connectivity index (χ0v) is 14.7. The summed E-state index contributed by atoms with van der Waals surface area (Å²) in [4.78, 5) is 22.6. The maximum Gasteiger partial charge on any atom is 0.337 e. The van der Waals surface area contributed by atoms with Crippen LogP contribution in [0.3, 0.4) is 0 Å². The van der Waals surface area contributed by atoms with Crippen LogP contribution in [-0.4, -0.2) is 26.6 Å². The Labute approximate surface area is 147 Å². The fourth-order valence-corrected chi connectivity index (χ4v) is 4.20. The Morgan fingerprint density at radius 1 is 1.32 bits per heavy atom. The van der Waals surface area contributed by atoms with Gasteiger partial charge in [0.05, 0.1) is 5.56 Å². The van der Waals surface area contributed by atoms with Crippen molar-refractivity contribution in [2.24, 2.45) is 0 Å². The molecule has 0 amide bonds. The lowest BCUT2D eigenvalue weighted by Crippen LogP contribution is -2.42. The van der Waals surface area contributed by atoms with E-state index in [1.807, 2.05) is 12.3 Å². The van der Waals surface area contributed by atoms with Crippen molar-refractivity contribution in [1.29, 1.82) is 0 Å². The van der Waals surface area contributed by atoms with Crippen LogP contribution < -0.4 is 4.90 Å². The van der Waals surface area contributed by atoms with Crippen LogP contribution in [0.4, 0.5) is 5.82 Å². The molecular weight excluding hydrogens is 314 g/mol. The van der Waals surface area contributed by atoms with Crippen LogP contribution in [0.1, 0.15) is 48.0 Å². The van der Waals surface area contributed by atoms with E-state index in [-0.39, 0.29) is 16.5 Å². The summed E-state index contributed by atoms with van der Waals surface area (Å²) in [5.41, 5.74) is 3.93. The van der Waals surface area contributed by atoms with Gasteiger partial charge < -0.3 is 10.0 Å². The smallest absolute Gasteiger partial charge is 0.337 e. The quantitative estimate of drug-likeness (QED) is 0.866. The van der Waals surface area contributed by atoms with Gasteiger partial charge >= 0.3 is 5.97 Å². The molecule has 2 aliphatic rings. The van der Waals surface area contributed by atoms with E-state index in [2.05, 4.69) is 48.3 Å². The first-order valence-electron chi connectivity index (χ1n) is 8.40. The zero-order valence-electron chi connectivity index (χ0n) is 14.7. The Balaban J connectivity index is 1.86. The van der Waals surface area contributed by atoms with Gasteiger partial charge in [-0.2, -0.15) is 0 Å². The third-order valence-electron chi connectivity index (χ3n) is 5.28. The summed E-state index contributed by atoms with van der Waals surface area (Å²) in [7, 11) is 0. The van der Waals surface area contributed by atoms with Crippen molar-refractivity contribution in [2.75, 3.05) is 4.90 Å². The summed E-state index contributed by atoms with van der Waals surface area (Å²) < 4.78 is 0. The largest absolute Gasteiger partial charge is 0.478 e. The number of aromatic carboxylic acids is 1. The molecule has 1 unspecified atom stereocenters. The summed E-state index contributed by atoms with van der Waals surface area (Å²) in [5, 5.41) is 9.26. The molecule has 2 aromatic rings. The van der Waals surface area contributed by atoms with Gasteiger partial charge in [0.1, 0.15) is 5.82 Å². The van der Waals surface area contributed by atoms with Gasteiger partial charge in [0, 0.05) is 46.7 Å². The minimum Gasteiger partial charge on any atom is -0.478 e. The lowest BCUT2D eigenvalue weighted by molar-refractivity contribution is 0.0696. The number of carbonyl (C=O) groups is 1. The standard InChI is InChI=1S/C20H21N3O2/c1-12-20(9-13-8-14(18(24)25)11-22-16(13)10-20)15-6-5-7-21-17(15)23(12)19(2,3)4/h5-8,11H,1,9-10H2,2-4H3,(H,24,25). The Morgan fingerprint density at radius 2 is 2.08 bits per heavy atom. The first kappa shape index (κ1) is 15.8. The molecule has 1 aliphatic heterocycles. The number of fused-ring (bicyclic) bond motifs is 3. The Bertz CT molecular complexity index is 913. The number of carboxylic acid groups (broad SMARTS) is 1. The lowest BCUT2D eigenvalue weighted by atomic mass is 9.78. The molecule has 0 bridgehead atoms. The topological polar surface area (TPSA) is 66.3 Å². The second kappa shape index (κ2) is 4.91. The Hall–Kier alpha value is -2.69. The van der Waals surface area contributed by atoms with Gasteiger partial charge in [-0.1, -0.05) is 12.6 Å². The van der Waals surface area contributed by atoms with Gasteiger partial charge in [-0.15, -0.1) is 0 Å². The molecule has 5 nitrogen and oxygen atoms in total. The van der Waals surface area contributed by atoms with Gasteiger partial charge in [-0.25, -0.2) is 9.78 Å². The van der Waals surface area contributed by atoms with Gasteiger partial charge in [0.15, 0.2) is 0 Å². The average Bonchev–Trinajstić information content (AvgIpc) is 3.03. The molecule has 5 heteroatoms. The molecule has 1 spiro atoms. The number of aromatic nitrogens is 2. The summed E-state index contributed by atoms with van der Waals surface area (Å²) >= 11 is 0. The summed E-state index contributed by atoms with van der Waals surface area (Å²) in [6.07, 6.45) is 4.70. The van der Waals surface area contributed by atoms with E-state index in [1.54, 1.807) is 6.07 Å². The minimum atomic E-state index is -0.945. The number of hydrogen-bond acceptors (Lipinski definition) is 4. The van der Waals surface area contributed by atoms with Gasteiger partial charge in [0.25, 0.3) is 0 Å². The van der Waals surface area contributed by atoms with Crippen molar-refractivity contribution < 1.29 is 9.90 Å². The Kier molecular flexibility index (Phi) is 3.11. The maximum absolute atomic E-state index is 11.3. The monoisotopic (exact) mass is 335 g/mol. The number of anilines is 1. The summed E-state index contributed by atoms with van der Waals surface area (Å²) in [5.74, 6) is 0.00569. The van der Waals surface area contributed by atoms with Crippen LogP contribution in [0.25, 0.3) is 0 Å². The number of rotatable bonds is 1. The normalized spacial score (nSPS) is 21.6. The first-order chi connectivity index (χ1) is 11.7. The average molecular weight is 335 g/mol. The van der Waals surface area contributed by atoms with E-state index < -0.39 is 5.97 Å². The fourth-order valence-electron chi connectivity index (χ4n) is 4.20. The van der Waals surface area contributed by atoms with Crippen LogP contribution in [0.5, 0.6) is 0 Å². The predicted octanol–water partition coefficient (Wildman–Crippen LogP) is 3.34. The van der Waals surface area contributed by atoms with E-state index in [9.17, 15) is 9.90 Å². The number of hydrogen-bond donors (Lipinski definition) is 1. The number of allylic oxidation sites excluding steroid dienone is 1. The lowest BCUT2D eigenvalue weighted by Gasteiger charge is -2.37. The van der Waals surface area contributed by atoms with E-state index in [1.165, 1.54) is 6.20 Å². The van der Waals surface area contributed by atoms with Crippen molar-refractivity contribution >= 4 is 11.8 Å². The van der Waals surface area contributed by atoms with Crippen molar-refractivity contribution in [1.82, 2.24) is 9.97 Å². The molecule has 1 N–H and O–H groups in total. The van der Waals surface area contributed by atoms with Crippen molar-refractivity contribution in [3.8, 4) is 0 Å². The second-order valence-electron chi connectivity index (χ2n) is 7.90. The molecule has 128 valence electrons. The van der Waals surface area contributed by atoms with Crippen molar-refractivity contribution in [2.45, 2.75) is 44.6 Å². The predicted molar refractivity (Wildman–Crippen MR) is 95.9 cm³/mol. The zero-order chi connectivity index (χ0) is 18.0. The number of pyridine rings is 2. The molecule has 2 aromatic heterocycles. The molecule has 0 aromatic carbocycles. The first-order valence-corrected chi connectivity index (χ1v) is 8.40. The maximum atomic E-state index is 11.3. The highest BCUT2D eigenvalue weighted by molar-refractivity contribution is 5.87. The highest BCUT2D eigenvalue weighted by Gasteiger charge is 2.53. The Morgan fingerprint density at radius 3 is 2.76 bits per heavy atom. The number of carboxylic acids is 1. The molecule has 1 atom stereocenters. The van der Waals surface area contributed by atoms with Gasteiger partial charge in [-0.3, -0.25) is 4.98 Å². The SMILES string of the molecule is C=C1N(C(C)(C)C)c2ncccc2C12Cc1cc(C(=O)O)cnc1C2. The summed E-state index contributed by atoms with van der Waals surface area (Å²) in [6.45, 7) is 10.9. The van der Waals surface area contributed by atoms with Gasteiger partial charge in [-0.05, 0) is 44.9 Å². The van der Waals surface area contributed by atoms with Crippen LogP contribution in [-0.2, 0) is 18.3 Å². The third kappa shape index (κ3) is 2.11. The highest BCUT2D eigenvalue weighted by Crippen LogP contribution is 2.55. The molecular formula is C20H21N3O2. The molecule has 4 rings (SSSR count). The second-order valence-corrected chi connectivity index (χ2v) is 7.90. The van der Waals surface area contributed by atoms with Gasteiger partial charge in [0.2, 0.25) is 0 Å². The van der Waals surface area contributed by atoms with Crippen LogP contribution in [0, 0.1) is 0 Å². The minimum absolute atomic E-state index is 0.141. The van der Waals surface area contributed by atoms with Crippen LogP contribution in [0.2, 0.25) is 0 Å². The van der Waals surface area contributed by atoms with Crippen LogP contribution >= 0.6 is 0 Å². The summed E-state index contributed by atoms with van der Waals surface area (Å²) in [6, 6.07) is 5.82. The third-order valence-corrected chi connectivity index (χ3v) is 5.28. The molecule has 3 heterocycles. The molecule has 0 radical (unpaired) electrons. The van der Waals surface area contributed by atoms with Crippen molar-refractivity contribution in [3.05, 3.63) is 65.3 Å². The molecule has 1 aliphatic carbocycles. The van der Waals surface area contributed by atoms with Crippen molar-refractivity contribution in [3.63, 3.8) is 0 Å². The highest BCUT2D eigenvalue weighted by atomic mass is 16.4. The van der Waals surface area contributed by atoms with E-state index in [4.69, 9.17) is 0 Å². The number of nitrogens with zero attached hydrogens (tertiary/aromatic N) is 3. The fraction of sp³-hybridized carbons (Fsp3) is 0.350. The van der Waals surface area contributed by atoms with Crippen LogP contribution in [0.15, 0.2) is 42.9 Å².